The van der Waals surface area contributed by atoms with Crippen LogP contribution < -0.4 is 9.64 Å². The first kappa shape index (κ1) is 24.0. The average molecular weight is 494 g/mol. The number of amides is 2. The van der Waals surface area contributed by atoms with Gasteiger partial charge in [-0.1, -0.05) is 18.2 Å². The van der Waals surface area contributed by atoms with E-state index in [4.69, 9.17) is 14.2 Å². The third kappa shape index (κ3) is 4.23. The number of nitrogens with zero attached hydrogens (tertiary/aromatic N) is 3. The van der Waals surface area contributed by atoms with Crippen LogP contribution in [-0.4, -0.2) is 79.7 Å². The minimum absolute atomic E-state index is 0.150. The molecule has 0 unspecified atom stereocenters. The van der Waals surface area contributed by atoms with E-state index in [9.17, 15) is 14.4 Å². The number of carbonyl (C=O) groups excluding carboxylic acids is 3. The summed E-state index contributed by atoms with van der Waals surface area (Å²) in [5, 5.41) is 0. The number of piperazine rings is 1. The predicted octanol–water partition coefficient (Wildman–Crippen LogP) is 3.03. The number of anilines is 1. The molecule has 5 rings (SSSR count). The van der Waals surface area contributed by atoms with Gasteiger partial charge in [-0.15, -0.1) is 0 Å². The second-order valence-corrected chi connectivity index (χ2v) is 9.96. The van der Waals surface area contributed by atoms with Gasteiger partial charge in [0.05, 0.1) is 19.2 Å². The summed E-state index contributed by atoms with van der Waals surface area (Å²) < 4.78 is 16.7. The first-order valence-corrected chi connectivity index (χ1v) is 12.2. The monoisotopic (exact) mass is 493 g/mol. The van der Waals surface area contributed by atoms with Crippen LogP contribution in [0.25, 0.3) is 0 Å². The highest BCUT2D eigenvalue weighted by atomic mass is 16.6. The minimum atomic E-state index is -1.10. The van der Waals surface area contributed by atoms with Crippen molar-refractivity contribution < 1.29 is 28.6 Å². The number of hydrogen-bond acceptors (Lipinski definition) is 7. The summed E-state index contributed by atoms with van der Waals surface area (Å²) in [5.41, 5.74) is 0.584. The Morgan fingerprint density at radius 3 is 2.33 bits per heavy atom. The van der Waals surface area contributed by atoms with Gasteiger partial charge in [0, 0.05) is 50.4 Å². The first-order valence-electron chi connectivity index (χ1n) is 12.2. The molecule has 36 heavy (non-hydrogen) atoms. The summed E-state index contributed by atoms with van der Waals surface area (Å²) in [5.74, 6) is 0.113. The van der Waals surface area contributed by atoms with E-state index in [0.717, 1.165) is 11.3 Å². The van der Waals surface area contributed by atoms with Gasteiger partial charge in [0.15, 0.2) is 11.2 Å². The standard InChI is InChI=1S/C27H31N3O6/c1-26(2,24(32)30-13-12-27(18-30)22-7-5-4-6-21(22)23(31)36-27)35-20-10-8-19(9-11-20)28-14-16-29(17-15-28)25(33)34-3/h4-11H,12-18H2,1-3H3/t27-/m0/s1. The smallest absolute Gasteiger partial charge is 0.409 e. The molecule has 190 valence electrons. The van der Waals surface area contributed by atoms with Crippen molar-refractivity contribution in [3.05, 3.63) is 59.7 Å². The zero-order chi connectivity index (χ0) is 25.5. The van der Waals surface area contributed by atoms with E-state index >= 15 is 0 Å². The molecule has 0 saturated carbocycles. The Hall–Kier alpha value is -3.75. The minimum Gasteiger partial charge on any atom is -0.478 e. The van der Waals surface area contributed by atoms with Crippen molar-refractivity contribution in [2.24, 2.45) is 0 Å². The van der Waals surface area contributed by atoms with Crippen LogP contribution in [0.3, 0.4) is 0 Å². The molecule has 1 spiro atoms. The number of likely N-dealkylation sites (tertiary alicyclic amines) is 1. The SMILES string of the molecule is COC(=O)N1CCN(c2ccc(OC(C)(C)C(=O)N3CC[C@@]4(C3)OC(=O)c3ccccc34)cc2)CC1. The van der Waals surface area contributed by atoms with Crippen molar-refractivity contribution >= 4 is 23.7 Å². The first-order chi connectivity index (χ1) is 17.2. The average Bonchev–Trinajstić information content (AvgIpc) is 3.44. The van der Waals surface area contributed by atoms with Crippen LogP contribution in [0.2, 0.25) is 0 Å². The molecule has 9 heteroatoms. The van der Waals surface area contributed by atoms with Crippen molar-refractivity contribution in [2.75, 3.05) is 51.3 Å². The van der Waals surface area contributed by atoms with Crippen LogP contribution in [0, 0.1) is 0 Å². The molecule has 2 aromatic rings. The van der Waals surface area contributed by atoms with Gasteiger partial charge in [0.2, 0.25) is 0 Å². The van der Waals surface area contributed by atoms with Crippen LogP contribution in [0.15, 0.2) is 48.5 Å². The zero-order valence-corrected chi connectivity index (χ0v) is 20.9. The number of fused-ring (bicyclic) bond motifs is 2. The van der Waals surface area contributed by atoms with Gasteiger partial charge in [-0.2, -0.15) is 0 Å². The number of esters is 1. The lowest BCUT2D eigenvalue weighted by Gasteiger charge is -2.35. The predicted molar refractivity (Wildman–Crippen MR) is 132 cm³/mol. The molecule has 3 heterocycles. The zero-order valence-electron chi connectivity index (χ0n) is 20.9. The summed E-state index contributed by atoms with van der Waals surface area (Å²) in [6, 6.07) is 15.0. The molecule has 2 fully saturated rings. The van der Waals surface area contributed by atoms with Crippen molar-refractivity contribution in [3.63, 3.8) is 0 Å². The van der Waals surface area contributed by atoms with Crippen molar-refractivity contribution in [2.45, 2.75) is 31.5 Å². The molecule has 9 nitrogen and oxygen atoms in total. The Morgan fingerprint density at radius 1 is 0.944 bits per heavy atom. The highest BCUT2D eigenvalue weighted by Crippen LogP contribution is 2.43. The molecule has 0 bridgehead atoms. The number of methoxy groups -OCH3 is 1. The quantitative estimate of drug-likeness (QED) is 0.605. The van der Waals surface area contributed by atoms with Gasteiger partial charge in [-0.25, -0.2) is 9.59 Å². The van der Waals surface area contributed by atoms with Gasteiger partial charge in [-0.05, 0) is 44.2 Å². The highest BCUT2D eigenvalue weighted by molar-refractivity contribution is 5.95. The largest absolute Gasteiger partial charge is 0.478 e. The van der Waals surface area contributed by atoms with E-state index in [2.05, 4.69) is 4.90 Å². The van der Waals surface area contributed by atoms with Crippen LogP contribution in [0.4, 0.5) is 10.5 Å². The van der Waals surface area contributed by atoms with Crippen molar-refractivity contribution in [1.29, 1.82) is 0 Å². The van der Waals surface area contributed by atoms with E-state index in [1.165, 1.54) is 7.11 Å². The fourth-order valence-electron chi connectivity index (χ4n) is 5.32. The molecule has 3 aliphatic rings. The summed E-state index contributed by atoms with van der Waals surface area (Å²) in [4.78, 5) is 43.1. The van der Waals surface area contributed by atoms with E-state index in [-0.39, 0.29) is 18.0 Å². The molecular formula is C27H31N3O6. The lowest BCUT2D eigenvalue weighted by atomic mass is 9.91. The summed E-state index contributed by atoms with van der Waals surface area (Å²) in [7, 11) is 1.39. The Labute approximate surface area is 210 Å². The number of carbonyl (C=O) groups is 3. The molecule has 0 aliphatic carbocycles. The lowest BCUT2D eigenvalue weighted by molar-refractivity contribution is -0.145. The maximum Gasteiger partial charge on any atom is 0.409 e. The topological polar surface area (TPSA) is 88.6 Å². The molecule has 2 aromatic carbocycles. The molecule has 2 saturated heterocycles. The Kier molecular flexibility index (Phi) is 6.02. The van der Waals surface area contributed by atoms with E-state index < -0.39 is 11.2 Å². The van der Waals surface area contributed by atoms with Gasteiger partial charge < -0.3 is 28.9 Å². The molecule has 0 N–H and O–H groups in total. The van der Waals surface area contributed by atoms with Crippen LogP contribution in [-0.2, 0) is 19.9 Å². The van der Waals surface area contributed by atoms with E-state index in [0.29, 0.717) is 57.0 Å². The van der Waals surface area contributed by atoms with Gasteiger partial charge in [0.25, 0.3) is 5.91 Å². The van der Waals surface area contributed by atoms with E-state index in [1.54, 1.807) is 29.7 Å². The molecular weight excluding hydrogens is 462 g/mol. The van der Waals surface area contributed by atoms with Crippen LogP contribution >= 0.6 is 0 Å². The van der Waals surface area contributed by atoms with Crippen molar-refractivity contribution in [1.82, 2.24) is 9.80 Å². The van der Waals surface area contributed by atoms with Crippen LogP contribution in [0.1, 0.15) is 36.2 Å². The fraction of sp³-hybridized carbons (Fsp3) is 0.444. The Balaban J connectivity index is 1.21. The second-order valence-electron chi connectivity index (χ2n) is 9.96. The number of hydrogen-bond donors (Lipinski definition) is 0. The van der Waals surface area contributed by atoms with Gasteiger partial charge in [0.1, 0.15) is 5.75 Å². The van der Waals surface area contributed by atoms with Crippen LogP contribution in [0.5, 0.6) is 5.75 Å². The summed E-state index contributed by atoms with van der Waals surface area (Å²) in [6.45, 7) is 6.95. The third-order valence-corrected chi connectivity index (χ3v) is 7.25. The molecule has 0 radical (unpaired) electrons. The molecule has 0 aromatic heterocycles. The van der Waals surface area contributed by atoms with E-state index in [1.807, 2.05) is 42.5 Å². The highest BCUT2D eigenvalue weighted by Gasteiger charge is 2.52. The van der Waals surface area contributed by atoms with Crippen molar-refractivity contribution in [3.8, 4) is 5.75 Å². The lowest BCUT2D eigenvalue weighted by Crippen LogP contribution is -2.49. The molecule has 3 aliphatic heterocycles. The fourth-order valence-corrected chi connectivity index (χ4v) is 5.32. The molecule has 2 amide bonds. The second kappa shape index (κ2) is 9.04. The van der Waals surface area contributed by atoms with Gasteiger partial charge in [-0.3, -0.25) is 4.79 Å². The van der Waals surface area contributed by atoms with Gasteiger partial charge >= 0.3 is 12.1 Å². The summed E-state index contributed by atoms with van der Waals surface area (Å²) >= 11 is 0. The normalized spacial score (nSPS) is 21.4. The number of benzene rings is 2. The number of rotatable bonds is 4. The maximum absolute atomic E-state index is 13.4. The number of ether oxygens (including phenoxy) is 3. The molecule has 1 atom stereocenters. The maximum atomic E-state index is 13.4. The summed E-state index contributed by atoms with van der Waals surface area (Å²) in [6.07, 6.45) is 0.264. The Bertz CT molecular complexity index is 1170. The third-order valence-electron chi connectivity index (χ3n) is 7.25. The Morgan fingerprint density at radius 2 is 1.64 bits per heavy atom.